The third-order valence-corrected chi connectivity index (χ3v) is 4.69. The van der Waals surface area contributed by atoms with Crippen LogP contribution in [0.1, 0.15) is 16.7 Å². The van der Waals surface area contributed by atoms with Gasteiger partial charge in [-0.1, -0.05) is 88.7 Å². The number of amidine groups is 1. The number of hydrazone groups is 1. The zero-order chi connectivity index (χ0) is 19.3. The lowest BCUT2D eigenvalue weighted by molar-refractivity contribution is -0.122. The fourth-order valence-corrected chi connectivity index (χ4v) is 3.03. The number of nitrogens with zero attached hydrogens (tertiary/aromatic N) is 3. The first-order chi connectivity index (χ1) is 13.7. The molecule has 0 fully saturated rings. The zero-order valence-corrected chi connectivity index (χ0v) is 16.5. The number of rotatable bonds is 4. The van der Waals surface area contributed by atoms with Crippen LogP contribution in [0.3, 0.4) is 0 Å². The summed E-state index contributed by atoms with van der Waals surface area (Å²) in [6.45, 7) is 0. The van der Waals surface area contributed by atoms with E-state index in [1.54, 1.807) is 12.3 Å². The molecule has 1 aliphatic heterocycles. The van der Waals surface area contributed by atoms with Crippen LogP contribution in [0, 0.1) is 0 Å². The van der Waals surface area contributed by atoms with Gasteiger partial charge in [-0.3, -0.25) is 4.79 Å². The summed E-state index contributed by atoms with van der Waals surface area (Å²) in [4.78, 5) is 17.6. The summed E-state index contributed by atoms with van der Waals surface area (Å²) < 4.78 is 0.981. The van der Waals surface area contributed by atoms with Crippen LogP contribution in [-0.2, 0) is 4.79 Å². The van der Waals surface area contributed by atoms with E-state index in [0.29, 0.717) is 11.5 Å². The quantitative estimate of drug-likeness (QED) is 0.419. The first-order valence-corrected chi connectivity index (χ1v) is 9.55. The first kappa shape index (κ1) is 18.1. The van der Waals surface area contributed by atoms with Crippen LogP contribution in [0.2, 0.25) is 0 Å². The largest absolute Gasteiger partial charge is 0.298 e. The maximum Gasteiger partial charge on any atom is 0.298 e. The van der Waals surface area contributed by atoms with Gasteiger partial charge in [0.2, 0.25) is 0 Å². The smallest absolute Gasteiger partial charge is 0.265 e. The summed E-state index contributed by atoms with van der Waals surface area (Å²) in [5.74, 6) is 0.259. The number of amides is 1. The van der Waals surface area contributed by atoms with Gasteiger partial charge in [0.05, 0.1) is 6.21 Å². The Bertz CT molecular complexity index is 1070. The predicted octanol–water partition coefficient (Wildman–Crippen LogP) is 5.11. The molecule has 1 heterocycles. The van der Waals surface area contributed by atoms with Crippen molar-refractivity contribution < 1.29 is 4.79 Å². The third-order valence-electron chi connectivity index (χ3n) is 4.17. The van der Waals surface area contributed by atoms with Crippen LogP contribution in [0.15, 0.2) is 105 Å². The molecule has 0 spiro atoms. The van der Waals surface area contributed by atoms with Crippen molar-refractivity contribution in [3.8, 4) is 0 Å². The van der Waals surface area contributed by atoms with E-state index in [4.69, 9.17) is 0 Å². The highest BCUT2D eigenvalue weighted by Crippen LogP contribution is 2.23. The Morgan fingerprint density at radius 2 is 1.46 bits per heavy atom. The number of benzene rings is 3. The van der Waals surface area contributed by atoms with Crippen molar-refractivity contribution in [1.29, 1.82) is 0 Å². The minimum atomic E-state index is -0.256. The van der Waals surface area contributed by atoms with Gasteiger partial charge in [-0.15, -0.1) is 0 Å². The molecule has 0 saturated heterocycles. The van der Waals surface area contributed by atoms with Crippen molar-refractivity contribution >= 4 is 40.0 Å². The van der Waals surface area contributed by atoms with Gasteiger partial charge in [0, 0.05) is 10.0 Å². The van der Waals surface area contributed by atoms with E-state index in [2.05, 4.69) is 26.0 Å². The molecule has 0 unspecified atom stereocenters. The molecule has 0 radical (unpaired) electrons. The minimum absolute atomic E-state index is 0.256. The molecule has 1 amide bonds. The van der Waals surface area contributed by atoms with Gasteiger partial charge in [0.25, 0.3) is 5.91 Å². The van der Waals surface area contributed by atoms with Crippen molar-refractivity contribution in [2.45, 2.75) is 0 Å². The van der Waals surface area contributed by atoms with Gasteiger partial charge in [0.15, 0.2) is 5.84 Å². The fraction of sp³-hybridized carbons (Fsp3) is 0. The Balaban J connectivity index is 1.72. The summed E-state index contributed by atoms with van der Waals surface area (Å²) in [7, 11) is 0. The minimum Gasteiger partial charge on any atom is -0.265 e. The van der Waals surface area contributed by atoms with Crippen molar-refractivity contribution in [3.63, 3.8) is 0 Å². The highest BCUT2D eigenvalue weighted by molar-refractivity contribution is 9.10. The molecule has 5 heteroatoms. The predicted molar refractivity (Wildman–Crippen MR) is 116 cm³/mol. The second-order valence-electron chi connectivity index (χ2n) is 6.15. The van der Waals surface area contributed by atoms with Gasteiger partial charge in [-0.2, -0.15) is 10.1 Å². The summed E-state index contributed by atoms with van der Waals surface area (Å²) in [5.41, 5.74) is 3.00. The monoisotopic (exact) mass is 429 g/mol. The Morgan fingerprint density at radius 3 is 2.14 bits per heavy atom. The zero-order valence-electron chi connectivity index (χ0n) is 14.9. The molecule has 4 nitrogen and oxygen atoms in total. The molecule has 4 rings (SSSR count). The molecule has 0 aromatic heterocycles. The molecule has 0 saturated carbocycles. The van der Waals surface area contributed by atoms with Crippen LogP contribution in [0.25, 0.3) is 6.08 Å². The summed E-state index contributed by atoms with van der Waals surface area (Å²) >= 11 is 3.42. The molecule has 0 N–H and O–H groups in total. The van der Waals surface area contributed by atoms with Gasteiger partial charge in [0.1, 0.15) is 5.70 Å². The van der Waals surface area contributed by atoms with Gasteiger partial charge < -0.3 is 0 Å². The van der Waals surface area contributed by atoms with E-state index in [-0.39, 0.29) is 5.91 Å². The maximum absolute atomic E-state index is 13.0. The van der Waals surface area contributed by atoms with Crippen molar-refractivity contribution in [1.82, 2.24) is 5.01 Å². The second kappa shape index (κ2) is 8.15. The molecule has 3 aromatic rings. The normalized spacial score (nSPS) is 15.5. The molecule has 3 aromatic carbocycles. The lowest BCUT2D eigenvalue weighted by Crippen LogP contribution is -2.27. The topological polar surface area (TPSA) is 45.0 Å². The number of hydrogen-bond acceptors (Lipinski definition) is 3. The fourth-order valence-electron chi connectivity index (χ4n) is 2.77. The Hall–Kier alpha value is -3.31. The second-order valence-corrected chi connectivity index (χ2v) is 7.07. The van der Waals surface area contributed by atoms with Gasteiger partial charge in [-0.25, -0.2) is 4.99 Å². The average molecular weight is 430 g/mol. The van der Waals surface area contributed by atoms with Crippen LogP contribution in [-0.4, -0.2) is 23.0 Å². The van der Waals surface area contributed by atoms with Crippen LogP contribution in [0.4, 0.5) is 0 Å². The van der Waals surface area contributed by atoms with Gasteiger partial charge in [-0.05, 0) is 29.3 Å². The molecule has 0 bridgehead atoms. The molecule has 1 aliphatic rings. The SMILES string of the molecule is O=C1/C(=C/c2ccc(Br)cc2)N=C(c2ccccc2)N1/N=C/c1ccccc1. The van der Waals surface area contributed by atoms with Crippen LogP contribution in [0.5, 0.6) is 0 Å². The number of aliphatic imine (C=N–C) groups is 1. The molecular weight excluding hydrogens is 414 g/mol. The standard InChI is InChI=1S/C23H16BrN3O/c24-20-13-11-17(12-14-20)15-21-23(28)27(25-16-18-7-3-1-4-8-18)22(26-21)19-9-5-2-6-10-19/h1-16H/b21-15-,25-16+. The van der Waals surface area contributed by atoms with E-state index in [9.17, 15) is 4.79 Å². The number of carbonyl (C=O) groups excluding carboxylic acids is 1. The highest BCUT2D eigenvalue weighted by Gasteiger charge is 2.31. The Labute approximate surface area is 171 Å². The van der Waals surface area contributed by atoms with Crippen molar-refractivity contribution in [2.75, 3.05) is 0 Å². The summed E-state index contributed by atoms with van der Waals surface area (Å²) in [5, 5.41) is 5.77. The molecule has 0 aliphatic carbocycles. The van der Waals surface area contributed by atoms with E-state index < -0.39 is 0 Å². The summed E-state index contributed by atoms with van der Waals surface area (Å²) in [6.07, 6.45) is 3.44. The maximum atomic E-state index is 13.0. The molecule has 0 atom stereocenters. The molecule has 136 valence electrons. The third kappa shape index (κ3) is 4.00. The average Bonchev–Trinajstić information content (AvgIpc) is 3.05. The lowest BCUT2D eigenvalue weighted by atomic mass is 10.2. The Kier molecular flexibility index (Phi) is 5.26. The number of carbonyl (C=O) groups is 1. The summed E-state index contributed by atoms with van der Waals surface area (Å²) in [6, 6.07) is 27.0. The number of hydrogen-bond donors (Lipinski definition) is 0. The van der Waals surface area contributed by atoms with E-state index in [1.165, 1.54) is 5.01 Å². The van der Waals surface area contributed by atoms with Crippen molar-refractivity contribution in [3.05, 3.63) is 112 Å². The Morgan fingerprint density at radius 1 is 0.821 bits per heavy atom. The van der Waals surface area contributed by atoms with Crippen molar-refractivity contribution in [2.24, 2.45) is 10.1 Å². The van der Waals surface area contributed by atoms with E-state index in [1.807, 2.05) is 84.9 Å². The highest BCUT2D eigenvalue weighted by atomic mass is 79.9. The lowest BCUT2D eigenvalue weighted by Gasteiger charge is -2.11. The number of halogens is 1. The van der Waals surface area contributed by atoms with Gasteiger partial charge >= 0.3 is 0 Å². The van der Waals surface area contributed by atoms with Crippen LogP contribution < -0.4 is 0 Å². The molecular formula is C23H16BrN3O. The van der Waals surface area contributed by atoms with E-state index in [0.717, 1.165) is 21.2 Å². The molecule has 28 heavy (non-hydrogen) atoms. The first-order valence-electron chi connectivity index (χ1n) is 8.75. The van der Waals surface area contributed by atoms with E-state index >= 15 is 0 Å². The van der Waals surface area contributed by atoms with Crippen LogP contribution >= 0.6 is 15.9 Å².